The number of Topliss-reactive ketones (excluding diaryl/α,β-unsaturated/α-hetero) is 1. The molecule has 0 aliphatic rings. The summed E-state index contributed by atoms with van der Waals surface area (Å²) in [6.07, 6.45) is 1.50. The maximum Gasteiger partial charge on any atom is 0.249 e. The number of nitriles is 1. The summed E-state index contributed by atoms with van der Waals surface area (Å²) < 4.78 is 14.4. The van der Waals surface area contributed by atoms with Crippen molar-refractivity contribution in [2.45, 2.75) is 0 Å². The van der Waals surface area contributed by atoms with Gasteiger partial charge in [0.25, 0.3) is 0 Å². The first-order valence-corrected chi connectivity index (χ1v) is 7.70. The van der Waals surface area contributed by atoms with Gasteiger partial charge >= 0.3 is 0 Å². The van der Waals surface area contributed by atoms with Crippen molar-refractivity contribution in [1.82, 2.24) is 9.78 Å². The molecule has 128 valence electrons. The lowest BCUT2D eigenvalue weighted by molar-refractivity contribution is -0.117. The van der Waals surface area contributed by atoms with Crippen molar-refractivity contribution in [3.05, 3.63) is 78.4 Å². The van der Waals surface area contributed by atoms with Crippen molar-refractivity contribution >= 4 is 17.4 Å². The maximum absolute atomic E-state index is 13.0. The van der Waals surface area contributed by atoms with Gasteiger partial charge in [-0.15, -0.1) is 0 Å². The fourth-order valence-corrected chi connectivity index (χ4v) is 2.31. The Bertz CT molecular complexity index is 975. The van der Waals surface area contributed by atoms with E-state index >= 15 is 0 Å². The van der Waals surface area contributed by atoms with Crippen LogP contribution >= 0.6 is 0 Å². The highest BCUT2D eigenvalue weighted by atomic mass is 19.1. The van der Waals surface area contributed by atoms with Gasteiger partial charge in [-0.2, -0.15) is 10.4 Å². The van der Waals surface area contributed by atoms with E-state index in [9.17, 15) is 19.2 Å². The third kappa shape index (κ3) is 3.65. The molecule has 0 bridgehead atoms. The minimum atomic E-state index is -1.52. The predicted molar refractivity (Wildman–Crippen MR) is 92.0 cm³/mol. The summed E-state index contributed by atoms with van der Waals surface area (Å²) in [5.41, 5.74) is 1.01. The fraction of sp³-hybridized carbons (Fsp3) is 0.0526. The molecular formula is C19H13FN4O2. The minimum Gasteiger partial charge on any atom is -0.325 e. The zero-order valence-corrected chi connectivity index (χ0v) is 13.5. The van der Waals surface area contributed by atoms with Crippen LogP contribution < -0.4 is 5.32 Å². The zero-order chi connectivity index (χ0) is 18.5. The molecule has 0 radical (unpaired) electrons. The highest BCUT2D eigenvalue weighted by Gasteiger charge is 2.29. The standard InChI is InChI=1S/C19H13FN4O2/c20-13-6-8-15(9-7-13)24-11-10-17(23-24)18(25)16(12-21)19(26)22-14-4-2-1-3-5-14/h1-11,16H,(H,22,26). The van der Waals surface area contributed by atoms with Crippen molar-refractivity contribution in [2.75, 3.05) is 5.32 Å². The largest absolute Gasteiger partial charge is 0.325 e. The Morgan fingerprint density at radius 2 is 1.77 bits per heavy atom. The van der Waals surface area contributed by atoms with Gasteiger partial charge in [0.2, 0.25) is 11.7 Å². The maximum atomic E-state index is 13.0. The van der Waals surface area contributed by atoms with Gasteiger partial charge in [0, 0.05) is 11.9 Å². The van der Waals surface area contributed by atoms with Crippen LogP contribution in [0.5, 0.6) is 0 Å². The number of rotatable bonds is 5. The normalized spacial score (nSPS) is 11.4. The van der Waals surface area contributed by atoms with Crippen LogP contribution in [0.25, 0.3) is 5.69 Å². The molecule has 0 spiro atoms. The average Bonchev–Trinajstić information content (AvgIpc) is 3.14. The Balaban J connectivity index is 1.78. The number of hydrogen-bond donors (Lipinski definition) is 1. The second-order valence-electron chi connectivity index (χ2n) is 5.40. The summed E-state index contributed by atoms with van der Waals surface area (Å²) in [6, 6.07) is 17.2. The van der Waals surface area contributed by atoms with Crippen molar-refractivity contribution in [1.29, 1.82) is 5.26 Å². The van der Waals surface area contributed by atoms with Crippen LogP contribution in [0.2, 0.25) is 0 Å². The van der Waals surface area contributed by atoms with Crippen LogP contribution in [0, 0.1) is 23.1 Å². The van der Waals surface area contributed by atoms with E-state index in [1.165, 1.54) is 41.2 Å². The number of para-hydroxylation sites is 1. The Morgan fingerprint density at radius 3 is 2.42 bits per heavy atom. The highest BCUT2D eigenvalue weighted by molar-refractivity contribution is 6.14. The molecule has 0 saturated heterocycles. The van der Waals surface area contributed by atoms with Crippen LogP contribution in [0.15, 0.2) is 66.9 Å². The van der Waals surface area contributed by atoms with Crippen LogP contribution in [0.3, 0.4) is 0 Å². The van der Waals surface area contributed by atoms with Crippen molar-refractivity contribution < 1.29 is 14.0 Å². The van der Waals surface area contributed by atoms with E-state index in [-0.39, 0.29) is 11.5 Å². The van der Waals surface area contributed by atoms with Gasteiger partial charge in [0.1, 0.15) is 11.5 Å². The van der Waals surface area contributed by atoms with Gasteiger partial charge in [-0.25, -0.2) is 9.07 Å². The number of nitrogens with one attached hydrogen (secondary N) is 1. The third-order valence-electron chi connectivity index (χ3n) is 3.63. The van der Waals surface area contributed by atoms with E-state index in [1.807, 2.05) is 0 Å². The number of anilines is 1. The monoisotopic (exact) mass is 348 g/mol. The number of ketones is 1. The number of hydrogen-bond acceptors (Lipinski definition) is 4. The van der Waals surface area contributed by atoms with Gasteiger partial charge in [0.15, 0.2) is 5.92 Å². The molecule has 0 saturated carbocycles. The Morgan fingerprint density at radius 1 is 1.08 bits per heavy atom. The molecule has 1 amide bonds. The Labute approximate surface area is 148 Å². The molecule has 0 aliphatic carbocycles. The molecule has 1 N–H and O–H groups in total. The first-order chi connectivity index (χ1) is 12.6. The lowest BCUT2D eigenvalue weighted by Crippen LogP contribution is -2.29. The van der Waals surface area contributed by atoms with Crippen LogP contribution in [-0.4, -0.2) is 21.5 Å². The van der Waals surface area contributed by atoms with E-state index < -0.39 is 17.6 Å². The van der Waals surface area contributed by atoms with E-state index in [2.05, 4.69) is 10.4 Å². The number of benzene rings is 2. The van der Waals surface area contributed by atoms with Crippen molar-refractivity contribution in [3.63, 3.8) is 0 Å². The molecule has 2 aromatic carbocycles. The highest BCUT2D eigenvalue weighted by Crippen LogP contribution is 2.14. The van der Waals surface area contributed by atoms with E-state index in [4.69, 9.17) is 0 Å². The van der Waals surface area contributed by atoms with Gasteiger partial charge < -0.3 is 5.32 Å². The van der Waals surface area contributed by atoms with E-state index in [1.54, 1.807) is 36.4 Å². The number of carbonyl (C=O) groups excluding carboxylic acids is 2. The zero-order valence-electron chi connectivity index (χ0n) is 13.5. The van der Waals surface area contributed by atoms with Crippen LogP contribution in [0.4, 0.5) is 10.1 Å². The molecule has 3 rings (SSSR count). The molecule has 7 heteroatoms. The predicted octanol–water partition coefficient (Wildman–Crippen LogP) is 2.97. The number of aromatic nitrogens is 2. The Kier molecular flexibility index (Phi) is 4.85. The third-order valence-corrected chi connectivity index (χ3v) is 3.63. The molecule has 0 aliphatic heterocycles. The smallest absolute Gasteiger partial charge is 0.249 e. The molecule has 0 fully saturated rings. The molecule has 3 aromatic rings. The first-order valence-electron chi connectivity index (χ1n) is 7.70. The lowest BCUT2D eigenvalue weighted by Gasteiger charge is -2.08. The summed E-state index contributed by atoms with van der Waals surface area (Å²) in [6.45, 7) is 0. The second kappa shape index (κ2) is 7.40. The molecular weight excluding hydrogens is 335 g/mol. The number of amides is 1. The SMILES string of the molecule is N#CC(C(=O)Nc1ccccc1)C(=O)c1ccn(-c2ccc(F)cc2)n1. The van der Waals surface area contributed by atoms with Gasteiger partial charge in [0.05, 0.1) is 11.8 Å². The number of halogens is 1. The second-order valence-corrected chi connectivity index (χ2v) is 5.40. The number of nitrogens with zero attached hydrogens (tertiary/aromatic N) is 3. The minimum absolute atomic E-state index is 0.0240. The van der Waals surface area contributed by atoms with Crippen molar-refractivity contribution in [3.8, 4) is 11.8 Å². The van der Waals surface area contributed by atoms with Gasteiger partial charge in [-0.05, 0) is 42.5 Å². The van der Waals surface area contributed by atoms with Gasteiger partial charge in [-0.3, -0.25) is 9.59 Å². The molecule has 6 nitrogen and oxygen atoms in total. The summed E-state index contributed by atoms with van der Waals surface area (Å²) in [5.74, 6) is -3.34. The topological polar surface area (TPSA) is 87.8 Å². The first kappa shape index (κ1) is 17.0. The molecule has 26 heavy (non-hydrogen) atoms. The fourth-order valence-electron chi connectivity index (χ4n) is 2.31. The van der Waals surface area contributed by atoms with Crippen LogP contribution in [-0.2, 0) is 4.79 Å². The van der Waals surface area contributed by atoms with Gasteiger partial charge in [-0.1, -0.05) is 18.2 Å². The lowest BCUT2D eigenvalue weighted by atomic mass is 10.0. The number of carbonyl (C=O) groups is 2. The van der Waals surface area contributed by atoms with Crippen molar-refractivity contribution in [2.24, 2.45) is 5.92 Å². The Hall–Kier alpha value is -3.79. The molecule has 1 atom stereocenters. The quantitative estimate of drug-likeness (QED) is 0.567. The summed E-state index contributed by atoms with van der Waals surface area (Å²) in [5, 5.41) is 15.9. The summed E-state index contributed by atoms with van der Waals surface area (Å²) in [4.78, 5) is 24.7. The summed E-state index contributed by atoms with van der Waals surface area (Å²) >= 11 is 0. The average molecular weight is 348 g/mol. The van der Waals surface area contributed by atoms with E-state index in [0.29, 0.717) is 11.4 Å². The summed E-state index contributed by atoms with van der Waals surface area (Å²) in [7, 11) is 0. The van der Waals surface area contributed by atoms with Crippen LogP contribution in [0.1, 0.15) is 10.5 Å². The molecule has 1 unspecified atom stereocenters. The molecule has 1 heterocycles. The molecule has 1 aromatic heterocycles. The van der Waals surface area contributed by atoms with E-state index in [0.717, 1.165) is 0 Å².